The van der Waals surface area contributed by atoms with Crippen LogP contribution in [0.2, 0.25) is 0 Å². The van der Waals surface area contributed by atoms with E-state index in [1.807, 2.05) is 0 Å². The Balaban J connectivity index is 2.04. The summed E-state index contributed by atoms with van der Waals surface area (Å²) < 4.78 is 9.81. The van der Waals surface area contributed by atoms with Crippen LogP contribution in [0.1, 0.15) is 23.0 Å². The highest BCUT2D eigenvalue weighted by molar-refractivity contribution is 5.87. The van der Waals surface area contributed by atoms with Crippen molar-refractivity contribution in [3.05, 3.63) is 23.7 Å². The minimum Gasteiger partial charge on any atom is -0.463 e. The van der Waals surface area contributed by atoms with Crippen LogP contribution in [-0.4, -0.2) is 37.1 Å². The number of esters is 1. The van der Waals surface area contributed by atoms with E-state index in [1.165, 1.54) is 13.4 Å². The van der Waals surface area contributed by atoms with Gasteiger partial charge in [-0.25, -0.2) is 4.79 Å². The maximum atomic E-state index is 11.4. The summed E-state index contributed by atoms with van der Waals surface area (Å²) in [5.41, 5.74) is 6.82. The van der Waals surface area contributed by atoms with Crippen molar-refractivity contribution in [1.82, 2.24) is 4.90 Å². The molecule has 2 rings (SSSR count). The number of carbonyl (C=O) groups is 1. The van der Waals surface area contributed by atoms with Crippen LogP contribution in [0.3, 0.4) is 0 Å². The maximum Gasteiger partial charge on any atom is 0.374 e. The monoisotopic (exact) mass is 238 g/mol. The Morgan fingerprint density at radius 3 is 3.00 bits per heavy atom. The average Bonchev–Trinajstić information content (AvgIpc) is 2.86. The summed E-state index contributed by atoms with van der Waals surface area (Å²) in [7, 11) is 1.35. The van der Waals surface area contributed by atoms with Crippen LogP contribution < -0.4 is 5.73 Å². The molecule has 2 heterocycles. The lowest BCUT2D eigenvalue weighted by atomic mass is 10.1. The molecule has 1 aromatic rings. The number of ether oxygens (including phenoxy) is 1. The van der Waals surface area contributed by atoms with Crippen LogP contribution in [0, 0.1) is 5.92 Å². The molecule has 0 aromatic carbocycles. The Morgan fingerprint density at radius 2 is 2.41 bits per heavy atom. The molecule has 1 aliphatic heterocycles. The zero-order chi connectivity index (χ0) is 12.4. The predicted molar refractivity (Wildman–Crippen MR) is 62.5 cm³/mol. The SMILES string of the molecule is COC(=O)c1occc1CN1CC(C)C(N)C1. The number of carbonyl (C=O) groups excluding carboxylic acids is 1. The summed E-state index contributed by atoms with van der Waals surface area (Å²) in [6.45, 7) is 4.63. The quantitative estimate of drug-likeness (QED) is 0.790. The zero-order valence-electron chi connectivity index (χ0n) is 10.2. The number of methoxy groups -OCH3 is 1. The number of rotatable bonds is 3. The highest BCUT2D eigenvalue weighted by Crippen LogP contribution is 2.20. The van der Waals surface area contributed by atoms with Gasteiger partial charge in [0.1, 0.15) is 0 Å². The van der Waals surface area contributed by atoms with Gasteiger partial charge in [-0.3, -0.25) is 4.90 Å². The van der Waals surface area contributed by atoms with E-state index in [1.54, 1.807) is 6.07 Å². The lowest BCUT2D eigenvalue weighted by Gasteiger charge is -2.14. The van der Waals surface area contributed by atoms with Gasteiger partial charge in [0.2, 0.25) is 5.76 Å². The molecule has 0 saturated carbocycles. The topological polar surface area (TPSA) is 68.7 Å². The Kier molecular flexibility index (Phi) is 3.49. The molecular formula is C12H18N2O3. The number of furan rings is 1. The normalized spacial score (nSPS) is 25.1. The highest BCUT2D eigenvalue weighted by Gasteiger charge is 2.28. The molecule has 2 N–H and O–H groups in total. The van der Waals surface area contributed by atoms with E-state index >= 15 is 0 Å². The van der Waals surface area contributed by atoms with E-state index < -0.39 is 5.97 Å². The molecule has 2 unspecified atom stereocenters. The lowest BCUT2D eigenvalue weighted by Crippen LogP contribution is -2.28. The van der Waals surface area contributed by atoms with Crippen molar-refractivity contribution in [2.75, 3.05) is 20.2 Å². The summed E-state index contributed by atoms with van der Waals surface area (Å²) in [5, 5.41) is 0. The van der Waals surface area contributed by atoms with E-state index in [0.29, 0.717) is 18.2 Å². The van der Waals surface area contributed by atoms with E-state index in [9.17, 15) is 4.79 Å². The van der Waals surface area contributed by atoms with E-state index in [2.05, 4.69) is 16.6 Å². The van der Waals surface area contributed by atoms with Gasteiger partial charge in [0.25, 0.3) is 0 Å². The molecule has 17 heavy (non-hydrogen) atoms. The Hall–Kier alpha value is -1.33. The van der Waals surface area contributed by atoms with Gasteiger partial charge in [-0.1, -0.05) is 6.92 Å². The van der Waals surface area contributed by atoms with Crippen LogP contribution >= 0.6 is 0 Å². The van der Waals surface area contributed by atoms with Crippen LogP contribution in [-0.2, 0) is 11.3 Å². The van der Waals surface area contributed by atoms with E-state index in [0.717, 1.165) is 18.7 Å². The van der Waals surface area contributed by atoms with Crippen molar-refractivity contribution in [2.24, 2.45) is 11.7 Å². The van der Waals surface area contributed by atoms with E-state index in [4.69, 9.17) is 10.2 Å². The summed E-state index contributed by atoms with van der Waals surface area (Å²) in [6.07, 6.45) is 1.51. The molecule has 1 fully saturated rings. The molecule has 0 spiro atoms. The molecule has 5 heteroatoms. The van der Waals surface area contributed by atoms with Gasteiger partial charge in [0, 0.05) is 31.2 Å². The Bertz CT molecular complexity index is 392. The molecule has 1 aromatic heterocycles. The molecule has 0 aliphatic carbocycles. The van der Waals surface area contributed by atoms with E-state index in [-0.39, 0.29) is 6.04 Å². The second-order valence-electron chi connectivity index (χ2n) is 4.60. The molecule has 5 nitrogen and oxygen atoms in total. The fourth-order valence-electron chi connectivity index (χ4n) is 2.20. The largest absolute Gasteiger partial charge is 0.463 e. The third kappa shape index (κ3) is 2.50. The second-order valence-corrected chi connectivity index (χ2v) is 4.60. The van der Waals surface area contributed by atoms with Crippen molar-refractivity contribution in [3.8, 4) is 0 Å². The fraction of sp³-hybridized carbons (Fsp3) is 0.583. The standard InChI is InChI=1S/C12H18N2O3/c1-8-5-14(7-10(8)13)6-9-3-4-17-11(9)12(15)16-2/h3-4,8,10H,5-7,13H2,1-2H3. The smallest absolute Gasteiger partial charge is 0.374 e. The van der Waals surface area contributed by atoms with Gasteiger partial charge in [-0.2, -0.15) is 0 Å². The van der Waals surface area contributed by atoms with Gasteiger partial charge < -0.3 is 14.9 Å². The summed E-state index contributed by atoms with van der Waals surface area (Å²) >= 11 is 0. The van der Waals surface area contributed by atoms with Gasteiger partial charge in [0.15, 0.2) is 0 Å². The van der Waals surface area contributed by atoms with Crippen LogP contribution in [0.4, 0.5) is 0 Å². The summed E-state index contributed by atoms with van der Waals surface area (Å²) in [6, 6.07) is 2.02. The molecular weight excluding hydrogens is 220 g/mol. The summed E-state index contributed by atoms with van der Waals surface area (Å²) in [4.78, 5) is 13.7. The van der Waals surface area contributed by atoms with Gasteiger partial charge in [-0.15, -0.1) is 0 Å². The lowest BCUT2D eigenvalue weighted by molar-refractivity contribution is 0.0562. The minimum atomic E-state index is -0.429. The fourth-order valence-corrected chi connectivity index (χ4v) is 2.20. The number of hydrogen-bond donors (Lipinski definition) is 1. The first-order valence-electron chi connectivity index (χ1n) is 5.74. The first-order valence-corrected chi connectivity index (χ1v) is 5.74. The summed E-state index contributed by atoms with van der Waals surface area (Å²) in [5.74, 6) is 0.352. The molecule has 0 bridgehead atoms. The van der Waals surface area contributed by atoms with Gasteiger partial charge >= 0.3 is 5.97 Å². The van der Waals surface area contributed by atoms with Gasteiger partial charge in [-0.05, 0) is 12.0 Å². The third-order valence-electron chi connectivity index (χ3n) is 3.26. The number of hydrogen-bond acceptors (Lipinski definition) is 5. The van der Waals surface area contributed by atoms with Crippen LogP contribution in [0.5, 0.6) is 0 Å². The Morgan fingerprint density at radius 1 is 1.65 bits per heavy atom. The zero-order valence-corrected chi connectivity index (χ0v) is 10.2. The number of nitrogens with zero attached hydrogens (tertiary/aromatic N) is 1. The minimum absolute atomic E-state index is 0.212. The van der Waals surface area contributed by atoms with Crippen molar-refractivity contribution < 1.29 is 13.9 Å². The first kappa shape index (κ1) is 12.1. The Labute approximate surface area is 101 Å². The molecule has 2 atom stereocenters. The maximum absolute atomic E-state index is 11.4. The average molecular weight is 238 g/mol. The van der Waals surface area contributed by atoms with Crippen molar-refractivity contribution in [3.63, 3.8) is 0 Å². The van der Waals surface area contributed by atoms with Crippen molar-refractivity contribution in [2.45, 2.75) is 19.5 Å². The number of nitrogens with two attached hydrogens (primary N) is 1. The second kappa shape index (κ2) is 4.89. The third-order valence-corrected chi connectivity index (χ3v) is 3.26. The first-order chi connectivity index (χ1) is 8.11. The molecule has 0 amide bonds. The van der Waals surface area contributed by atoms with Crippen LogP contribution in [0.15, 0.2) is 16.7 Å². The number of likely N-dealkylation sites (tertiary alicyclic amines) is 1. The molecule has 94 valence electrons. The molecule has 0 radical (unpaired) electrons. The molecule has 1 saturated heterocycles. The van der Waals surface area contributed by atoms with Crippen molar-refractivity contribution in [1.29, 1.82) is 0 Å². The van der Waals surface area contributed by atoms with Crippen molar-refractivity contribution >= 4 is 5.97 Å². The van der Waals surface area contributed by atoms with Crippen LogP contribution in [0.25, 0.3) is 0 Å². The van der Waals surface area contributed by atoms with Gasteiger partial charge in [0.05, 0.1) is 13.4 Å². The molecule has 1 aliphatic rings. The predicted octanol–water partition coefficient (Wildman–Crippen LogP) is 0.845. The highest BCUT2D eigenvalue weighted by atomic mass is 16.5.